The number of hydrogen-bond acceptors (Lipinski definition) is 12. The van der Waals surface area contributed by atoms with Crippen molar-refractivity contribution in [3.8, 4) is 17.6 Å². The number of ether oxygens (including phenoxy) is 4. The number of hydrogen-bond donors (Lipinski definition) is 1. The number of aromatic nitrogens is 4. The van der Waals surface area contributed by atoms with E-state index in [9.17, 15) is 10.2 Å². The topological polar surface area (TPSA) is 146 Å². The second kappa shape index (κ2) is 22.2. The molecule has 7 rings (SSSR count). The van der Waals surface area contributed by atoms with Crippen LogP contribution in [0.1, 0.15) is 82.6 Å². The van der Waals surface area contributed by atoms with Gasteiger partial charge in [0.25, 0.3) is 8.53 Å². The number of nitrogens with zero attached hydrogens (tertiary/aromatic N) is 6. The third-order valence-corrected chi connectivity index (χ3v) is 19.6. The lowest BCUT2D eigenvalue weighted by molar-refractivity contribution is -0.0895. The Morgan fingerprint density at radius 3 is 1.91 bits per heavy atom. The standard InChI is InChI=1S/C54H67N6O7PSi/c1-37(2)60(38(3)4)68(61)65-33-40(32-55)48-47(34-64-54(41-20-16-13-17-21-41,42-23-27-44(62-8)28-24-42)43-25-29-45(63-9)30-26-43)66-52(50(48)67-69(10,11)53(5,6)7)59-36-58-49-46(56-35-57-51(49)59)31-22-39-18-14-12-15-19-39/h12-31,35-38,40,47-48,50,52,61H,33-34H2,1-11H3/t40?,47-,48+,50+,52+,68?/m0/s1. The summed E-state index contributed by atoms with van der Waals surface area (Å²) in [4.78, 5) is 25.9. The van der Waals surface area contributed by atoms with Crippen LogP contribution >= 0.6 is 8.53 Å². The van der Waals surface area contributed by atoms with Crippen LogP contribution in [0.25, 0.3) is 23.3 Å². The Balaban J connectivity index is 1.39. The minimum atomic E-state index is -2.64. The largest absolute Gasteiger partial charge is 0.497 e. The van der Waals surface area contributed by atoms with Gasteiger partial charge in [0, 0.05) is 18.0 Å². The number of methoxy groups -OCH3 is 2. The number of benzene rings is 4. The van der Waals surface area contributed by atoms with E-state index in [-0.39, 0.29) is 30.3 Å². The van der Waals surface area contributed by atoms with Crippen LogP contribution in [0.5, 0.6) is 11.5 Å². The van der Waals surface area contributed by atoms with Gasteiger partial charge in [-0.25, -0.2) is 19.6 Å². The molecule has 1 aliphatic heterocycles. The van der Waals surface area contributed by atoms with E-state index in [1.165, 1.54) is 6.33 Å². The Labute approximate surface area is 410 Å². The van der Waals surface area contributed by atoms with Crippen molar-refractivity contribution in [2.45, 2.75) is 103 Å². The maximum Gasteiger partial charge on any atom is 0.256 e. The summed E-state index contributed by atoms with van der Waals surface area (Å²) in [6, 6.07) is 38.5. The van der Waals surface area contributed by atoms with Gasteiger partial charge in [-0.1, -0.05) is 112 Å². The van der Waals surface area contributed by atoms with E-state index in [1.807, 2.05) is 146 Å². The van der Waals surface area contributed by atoms with Gasteiger partial charge in [0.15, 0.2) is 20.2 Å². The zero-order valence-corrected chi connectivity index (χ0v) is 43.6. The third-order valence-electron chi connectivity index (χ3n) is 13.4. The zero-order chi connectivity index (χ0) is 49.5. The minimum absolute atomic E-state index is 0.00242. The molecule has 3 heterocycles. The molecule has 6 aromatic rings. The fourth-order valence-electron chi connectivity index (χ4n) is 8.90. The average Bonchev–Trinajstić information content (AvgIpc) is 3.93. The Bertz CT molecular complexity index is 2600. The van der Waals surface area contributed by atoms with E-state index in [0.717, 1.165) is 22.3 Å². The van der Waals surface area contributed by atoms with Crippen LogP contribution < -0.4 is 9.47 Å². The summed E-state index contributed by atoms with van der Waals surface area (Å²) in [5, 5.41) is 11.1. The molecule has 1 N–H and O–H groups in total. The van der Waals surface area contributed by atoms with Crippen LogP contribution in [0.2, 0.25) is 18.1 Å². The first kappa shape index (κ1) is 51.5. The van der Waals surface area contributed by atoms with Crippen molar-refractivity contribution < 1.29 is 32.8 Å². The van der Waals surface area contributed by atoms with Crippen LogP contribution in [0, 0.1) is 23.2 Å². The molecule has 2 unspecified atom stereocenters. The summed E-state index contributed by atoms with van der Waals surface area (Å²) in [7, 11) is -1.40. The molecule has 1 saturated heterocycles. The van der Waals surface area contributed by atoms with Crippen molar-refractivity contribution in [1.29, 1.82) is 5.26 Å². The highest BCUT2D eigenvalue weighted by atomic mass is 31.2. The zero-order valence-electron chi connectivity index (χ0n) is 41.7. The quantitative estimate of drug-likeness (QED) is 0.0441. The molecule has 0 radical (unpaired) electrons. The van der Waals surface area contributed by atoms with Crippen LogP contribution in [0.4, 0.5) is 0 Å². The van der Waals surface area contributed by atoms with Crippen LogP contribution in [0.15, 0.2) is 122 Å². The van der Waals surface area contributed by atoms with Gasteiger partial charge >= 0.3 is 0 Å². The SMILES string of the molecule is COc1ccc(C(OC[C@@H]2O[C@@H](n3cnc4c(C=Cc5ccccc5)ncnc43)[C@H](O[Si](C)(C)C(C)(C)C)[C@@H]2C(C#N)COP(O)N(C(C)C)C(C)C)(c2ccccc2)c2ccc(OC)cc2)cc1. The number of nitriles is 1. The lowest BCUT2D eigenvalue weighted by Crippen LogP contribution is -2.49. The lowest BCUT2D eigenvalue weighted by atomic mass is 9.79. The fourth-order valence-corrected chi connectivity index (χ4v) is 11.4. The molecule has 364 valence electrons. The molecule has 13 nitrogen and oxygen atoms in total. The fraction of sp³-hybridized carbons (Fsp3) is 0.407. The van der Waals surface area contributed by atoms with Crippen LogP contribution in [-0.4, -0.2) is 89.1 Å². The summed E-state index contributed by atoms with van der Waals surface area (Å²) < 4.78 is 43.9. The smallest absolute Gasteiger partial charge is 0.256 e. The van der Waals surface area contributed by atoms with Crippen LogP contribution in [-0.2, 0) is 24.0 Å². The highest BCUT2D eigenvalue weighted by molar-refractivity contribution is 7.43. The summed E-state index contributed by atoms with van der Waals surface area (Å²) in [6.07, 6.45) is 4.90. The highest BCUT2D eigenvalue weighted by Gasteiger charge is 2.55. The number of fused-ring (bicyclic) bond motifs is 1. The molecule has 0 spiro atoms. The van der Waals surface area contributed by atoms with E-state index in [1.54, 1.807) is 20.5 Å². The first-order chi connectivity index (χ1) is 33.0. The number of rotatable bonds is 20. The van der Waals surface area contributed by atoms with Crippen molar-refractivity contribution in [2.24, 2.45) is 11.8 Å². The molecule has 0 bridgehead atoms. The molecule has 6 atom stereocenters. The molecule has 15 heteroatoms. The predicted octanol–water partition coefficient (Wildman–Crippen LogP) is 11.4. The first-order valence-electron chi connectivity index (χ1n) is 23.5. The van der Waals surface area contributed by atoms with Crippen molar-refractivity contribution in [1.82, 2.24) is 24.2 Å². The Kier molecular flexibility index (Phi) is 16.6. The summed E-state index contributed by atoms with van der Waals surface area (Å²) in [5.41, 5.74) is 4.19. The summed E-state index contributed by atoms with van der Waals surface area (Å²) >= 11 is 0. The van der Waals surface area contributed by atoms with Crippen molar-refractivity contribution in [3.63, 3.8) is 0 Å². The first-order valence-corrected chi connectivity index (χ1v) is 27.6. The van der Waals surface area contributed by atoms with Gasteiger partial charge in [0.1, 0.15) is 28.9 Å². The molecule has 4 aromatic carbocycles. The van der Waals surface area contributed by atoms with Gasteiger partial charge in [-0.3, -0.25) is 4.57 Å². The highest BCUT2D eigenvalue weighted by Crippen LogP contribution is 2.50. The van der Waals surface area contributed by atoms with Gasteiger partial charge in [-0.05, 0) is 98.4 Å². The molecule has 0 amide bonds. The van der Waals surface area contributed by atoms with E-state index in [2.05, 4.69) is 57.1 Å². The monoisotopic (exact) mass is 970 g/mol. The molecule has 0 aliphatic carbocycles. The second-order valence-electron chi connectivity index (χ2n) is 19.5. The van der Waals surface area contributed by atoms with Gasteiger partial charge in [0.05, 0.1) is 63.6 Å². The normalized spacial score (nSPS) is 18.9. The molecule has 1 aliphatic rings. The van der Waals surface area contributed by atoms with E-state index < -0.39 is 52.7 Å². The van der Waals surface area contributed by atoms with Gasteiger partial charge in [-0.15, -0.1) is 0 Å². The molecule has 1 fully saturated rings. The van der Waals surface area contributed by atoms with E-state index in [4.69, 9.17) is 37.9 Å². The van der Waals surface area contributed by atoms with E-state index in [0.29, 0.717) is 28.4 Å². The summed E-state index contributed by atoms with van der Waals surface area (Å²) in [6.45, 7) is 19.0. The van der Waals surface area contributed by atoms with Crippen molar-refractivity contribution in [2.75, 3.05) is 27.4 Å². The maximum absolute atomic E-state index is 11.6. The van der Waals surface area contributed by atoms with Gasteiger partial charge in [-0.2, -0.15) is 5.26 Å². The van der Waals surface area contributed by atoms with Gasteiger partial charge in [0.2, 0.25) is 0 Å². The molecular weight excluding hydrogens is 904 g/mol. The second-order valence-corrected chi connectivity index (χ2v) is 25.5. The average molecular weight is 971 g/mol. The number of imidazole rings is 1. The molecular formula is C54H67N6O7PSi. The molecule has 69 heavy (non-hydrogen) atoms. The minimum Gasteiger partial charge on any atom is -0.497 e. The Morgan fingerprint density at radius 2 is 1.38 bits per heavy atom. The summed E-state index contributed by atoms with van der Waals surface area (Å²) in [5.74, 6) is -0.0562. The maximum atomic E-state index is 11.6. The Morgan fingerprint density at radius 1 is 0.812 bits per heavy atom. The third kappa shape index (κ3) is 11.2. The Hall–Kier alpha value is -5.33. The van der Waals surface area contributed by atoms with Crippen molar-refractivity contribution in [3.05, 3.63) is 150 Å². The van der Waals surface area contributed by atoms with Gasteiger partial charge < -0.3 is 32.8 Å². The predicted molar refractivity (Wildman–Crippen MR) is 275 cm³/mol. The molecule has 2 aromatic heterocycles. The van der Waals surface area contributed by atoms with Crippen molar-refractivity contribution >= 4 is 40.2 Å². The molecule has 0 saturated carbocycles. The van der Waals surface area contributed by atoms with E-state index >= 15 is 0 Å². The lowest BCUT2D eigenvalue weighted by Gasteiger charge is -2.42. The van der Waals surface area contributed by atoms with Crippen LogP contribution in [0.3, 0.4) is 0 Å².